The smallest absolute Gasteiger partial charge is 0.334 e. The van der Waals surface area contributed by atoms with E-state index in [2.05, 4.69) is 0 Å². The molecular formula is C17H20N2O5. The van der Waals surface area contributed by atoms with Gasteiger partial charge < -0.3 is 19.6 Å². The topological polar surface area (TPSA) is 87.2 Å². The Labute approximate surface area is 139 Å². The maximum absolute atomic E-state index is 12.5. The number of piperidine rings is 1. The van der Waals surface area contributed by atoms with E-state index in [1.807, 2.05) is 0 Å². The van der Waals surface area contributed by atoms with Gasteiger partial charge in [0.15, 0.2) is 6.10 Å². The van der Waals surface area contributed by atoms with E-state index in [1.54, 1.807) is 29.2 Å². The van der Waals surface area contributed by atoms with E-state index >= 15 is 0 Å². The minimum atomic E-state index is -1.06. The number of carbonyl (C=O) groups is 3. The predicted molar refractivity (Wildman–Crippen MR) is 85.9 cm³/mol. The van der Waals surface area contributed by atoms with Crippen molar-refractivity contribution in [1.29, 1.82) is 0 Å². The van der Waals surface area contributed by atoms with Gasteiger partial charge in [-0.15, -0.1) is 0 Å². The van der Waals surface area contributed by atoms with Gasteiger partial charge in [0.2, 0.25) is 5.91 Å². The van der Waals surface area contributed by atoms with Crippen molar-refractivity contribution in [2.45, 2.75) is 25.4 Å². The van der Waals surface area contributed by atoms with Gasteiger partial charge >= 0.3 is 5.97 Å². The first-order valence-corrected chi connectivity index (χ1v) is 8.10. The first-order chi connectivity index (χ1) is 11.6. The number of carboxylic acid groups (broad SMARTS) is 1. The first kappa shape index (κ1) is 16.4. The van der Waals surface area contributed by atoms with Crippen molar-refractivity contribution in [1.82, 2.24) is 4.90 Å². The second-order valence-electron chi connectivity index (χ2n) is 6.00. The largest absolute Gasteiger partial charge is 0.479 e. The summed E-state index contributed by atoms with van der Waals surface area (Å²) in [5.74, 6) is -1.18. The van der Waals surface area contributed by atoms with Gasteiger partial charge in [-0.1, -0.05) is 0 Å². The Morgan fingerprint density at radius 1 is 1.12 bits per heavy atom. The average molecular weight is 332 g/mol. The fourth-order valence-electron chi connectivity index (χ4n) is 3.03. The number of hydrogen-bond donors (Lipinski definition) is 1. The summed E-state index contributed by atoms with van der Waals surface area (Å²) in [4.78, 5) is 38.7. The third-order valence-corrected chi connectivity index (χ3v) is 4.38. The van der Waals surface area contributed by atoms with E-state index in [0.717, 1.165) is 18.5 Å². The summed E-state index contributed by atoms with van der Waals surface area (Å²) in [5, 5.41) is 9.01. The molecule has 1 atom stereocenters. The van der Waals surface area contributed by atoms with E-state index in [9.17, 15) is 14.4 Å². The van der Waals surface area contributed by atoms with E-state index in [1.165, 1.54) is 4.90 Å². The maximum atomic E-state index is 12.5. The van der Waals surface area contributed by atoms with Crippen molar-refractivity contribution in [3.05, 3.63) is 29.8 Å². The zero-order chi connectivity index (χ0) is 17.1. The number of ether oxygens (including phenoxy) is 1. The van der Waals surface area contributed by atoms with Crippen LogP contribution in [0.3, 0.4) is 0 Å². The number of anilines is 1. The lowest BCUT2D eigenvalue weighted by molar-refractivity contribution is -0.154. The molecule has 2 heterocycles. The zero-order valence-corrected chi connectivity index (χ0v) is 13.3. The molecule has 0 spiro atoms. The highest BCUT2D eigenvalue weighted by Crippen LogP contribution is 2.22. The Morgan fingerprint density at radius 3 is 2.54 bits per heavy atom. The Morgan fingerprint density at radius 2 is 1.88 bits per heavy atom. The van der Waals surface area contributed by atoms with Gasteiger partial charge in [0.25, 0.3) is 5.91 Å². The third kappa shape index (κ3) is 3.41. The second kappa shape index (κ2) is 7.00. The molecule has 0 aromatic heterocycles. The van der Waals surface area contributed by atoms with Crippen molar-refractivity contribution in [3.63, 3.8) is 0 Å². The summed E-state index contributed by atoms with van der Waals surface area (Å²) in [6, 6.07) is 6.91. The fraction of sp³-hybridized carbons (Fsp3) is 0.471. The summed E-state index contributed by atoms with van der Waals surface area (Å²) in [6.07, 6.45) is 1.49. The van der Waals surface area contributed by atoms with Gasteiger partial charge in [0.05, 0.1) is 13.2 Å². The van der Waals surface area contributed by atoms with Crippen LogP contribution in [0, 0.1) is 0 Å². The van der Waals surface area contributed by atoms with Crippen LogP contribution in [-0.2, 0) is 14.3 Å². The van der Waals surface area contributed by atoms with E-state index < -0.39 is 12.1 Å². The molecule has 2 saturated heterocycles. The minimum Gasteiger partial charge on any atom is -0.479 e. The average Bonchev–Trinajstić information content (AvgIpc) is 2.62. The minimum absolute atomic E-state index is 0.0422. The summed E-state index contributed by atoms with van der Waals surface area (Å²) in [5.41, 5.74) is 1.27. The highest BCUT2D eigenvalue weighted by atomic mass is 16.5. The molecule has 128 valence electrons. The van der Waals surface area contributed by atoms with Gasteiger partial charge in [0, 0.05) is 30.8 Å². The van der Waals surface area contributed by atoms with Crippen molar-refractivity contribution >= 4 is 23.5 Å². The number of aliphatic carboxylic acids is 1. The monoisotopic (exact) mass is 332 g/mol. The molecule has 0 saturated carbocycles. The highest BCUT2D eigenvalue weighted by molar-refractivity contribution is 5.97. The number of benzene rings is 1. The molecule has 1 N–H and O–H groups in total. The van der Waals surface area contributed by atoms with Crippen LogP contribution in [0.15, 0.2) is 24.3 Å². The van der Waals surface area contributed by atoms with Crippen LogP contribution in [-0.4, -0.2) is 60.1 Å². The van der Waals surface area contributed by atoms with Gasteiger partial charge in [0.1, 0.15) is 0 Å². The van der Waals surface area contributed by atoms with Crippen LogP contribution in [0.2, 0.25) is 0 Å². The van der Waals surface area contributed by atoms with Crippen LogP contribution in [0.4, 0.5) is 5.69 Å². The molecule has 1 aromatic rings. The highest BCUT2D eigenvalue weighted by Gasteiger charge is 2.29. The van der Waals surface area contributed by atoms with Crippen molar-refractivity contribution < 1.29 is 24.2 Å². The summed E-state index contributed by atoms with van der Waals surface area (Å²) in [7, 11) is 0. The Bertz CT molecular complexity index is 643. The standard InChI is InChI=1S/C17H20N2O5/c20-15-3-1-2-8-19(15)13-6-4-12(5-7-13)16(21)18-9-10-24-14(11-18)17(22)23/h4-7,14H,1-3,8-11H2,(H,22,23)/t14-/m0/s1. The molecule has 2 aliphatic heterocycles. The molecule has 2 fully saturated rings. The third-order valence-electron chi connectivity index (χ3n) is 4.38. The number of rotatable bonds is 3. The molecule has 3 rings (SSSR count). The number of amides is 2. The molecule has 1 aromatic carbocycles. The van der Waals surface area contributed by atoms with Gasteiger partial charge in [-0.3, -0.25) is 9.59 Å². The van der Waals surface area contributed by atoms with Crippen LogP contribution in [0.1, 0.15) is 29.6 Å². The number of carboxylic acids is 1. The molecule has 0 unspecified atom stereocenters. The lowest BCUT2D eigenvalue weighted by Gasteiger charge is -2.31. The molecule has 2 amide bonds. The number of morpholine rings is 1. The molecule has 0 bridgehead atoms. The summed E-state index contributed by atoms with van der Waals surface area (Å²) in [6.45, 7) is 1.33. The van der Waals surface area contributed by atoms with Crippen molar-refractivity contribution in [2.75, 3.05) is 31.1 Å². The van der Waals surface area contributed by atoms with Crippen LogP contribution in [0.5, 0.6) is 0 Å². The molecule has 7 heteroatoms. The van der Waals surface area contributed by atoms with Crippen LogP contribution in [0.25, 0.3) is 0 Å². The number of nitrogens with zero attached hydrogens (tertiary/aromatic N) is 2. The molecule has 24 heavy (non-hydrogen) atoms. The number of hydrogen-bond acceptors (Lipinski definition) is 4. The van der Waals surface area contributed by atoms with Gasteiger partial charge in [-0.05, 0) is 37.1 Å². The second-order valence-corrected chi connectivity index (χ2v) is 6.00. The Balaban J connectivity index is 1.69. The van der Waals surface area contributed by atoms with Gasteiger partial charge in [-0.2, -0.15) is 0 Å². The van der Waals surface area contributed by atoms with E-state index in [4.69, 9.17) is 9.84 Å². The quantitative estimate of drug-likeness (QED) is 0.896. The lowest BCUT2D eigenvalue weighted by atomic mass is 10.1. The fourth-order valence-corrected chi connectivity index (χ4v) is 3.03. The maximum Gasteiger partial charge on any atom is 0.334 e. The first-order valence-electron chi connectivity index (χ1n) is 8.10. The molecule has 0 aliphatic carbocycles. The van der Waals surface area contributed by atoms with Gasteiger partial charge in [-0.25, -0.2) is 4.79 Å². The normalized spacial score (nSPS) is 21.7. The Hall–Kier alpha value is -2.41. The van der Waals surface area contributed by atoms with Crippen molar-refractivity contribution in [2.24, 2.45) is 0 Å². The Kier molecular flexibility index (Phi) is 4.80. The summed E-state index contributed by atoms with van der Waals surface area (Å²) >= 11 is 0. The van der Waals surface area contributed by atoms with Crippen molar-refractivity contribution in [3.8, 4) is 0 Å². The lowest BCUT2D eigenvalue weighted by Crippen LogP contribution is -2.48. The SMILES string of the molecule is O=C(O)[C@@H]1CN(C(=O)c2ccc(N3CCCCC3=O)cc2)CCO1. The van der Waals surface area contributed by atoms with Crippen LogP contribution < -0.4 is 4.90 Å². The predicted octanol–water partition coefficient (Wildman–Crippen LogP) is 1.13. The van der Waals surface area contributed by atoms with Crippen LogP contribution >= 0.6 is 0 Å². The van der Waals surface area contributed by atoms with E-state index in [-0.39, 0.29) is 25.0 Å². The summed E-state index contributed by atoms with van der Waals surface area (Å²) < 4.78 is 5.13. The van der Waals surface area contributed by atoms with E-state index in [0.29, 0.717) is 25.1 Å². The molecule has 7 nitrogen and oxygen atoms in total. The zero-order valence-electron chi connectivity index (χ0n) is 13.3. The molecule has 2 aliphatic rings. The number of carbonyl (C=O) groups excluding carboxylic acids is 2. The molecule has 0 radical (unpaired) electrons. The molecular weight excluding hydrogens is 312 g/mol.